The fourth-order valence-electron chi connectivity index (χ4n) is 2.15. The number of aryl methyl sites for hydroxylation is 1. The topological polar surface area (TPSA) is 30.2 Å². The molecule has 0 saturated heterocycles. The fourth-order valence-corrected chi connectivity index (χ4v) is 2.63. The lowest BCUT2D eigenvalue weighted by molar-refractivity contribution is 0.101. The molecule has 0 fully saturated rings. The van der Waals surface area contributed by atoms with Crippen LogP contribution in [-0.4, -0.2) is 5.78 Å². The Kier molecular flexibility index (Phi) is 3.18. The molecule has 0 N–H and O–H groups in total. The van der Waals surface area contributed by atoms with Crippen molar-refractivity contribution in [3.05, 3.63) is 69.6 Å². The van der Waals surface area contributed by atoms with Gasteiger partial charge in [0.1, 0.15) is 0 Å². The van der Waals surface area contributed by atoms with E-state index in [2.05, 4.69) is 15.9 Å². The first-order chi connectivity index (χ1) is 9.56. The van der Waals surface area contributed by atoms with Crippen LogP contribution in [0.1, 0.15) is 21.7 Å². The number of para-hydroxylation sites is 1. The second-order valence-corrected chi connectivity index (χ2v) is 5.47. The van der Waals surface area contributed by atoms with Gasteiger partial charge in [-0.2, -0.15) is 0 Å². The van der Waals surface area contributed by atoms with Crippen LogP contribution in [0.2, 0.25) is 0 Å². The highest BCUT2D eigenvalue weighted by atomic mass is 79.9. The smallest absolute Gasteiger partial charge is 0.228 e. The summed E-state index contributed by atoms with van der Waals surface area (Å²) in [7, 11) is 0. The van der Waals surface area contributed by atoms with Crippen molar-refractivity contribution in [2.75, 3.05) is 0 Å². The lowest BCUT2D eigenvalue weighted by Gasteiger charge is -2.03. The first-order valence-corrected chi connectivity index (χ1v) is 6.84. The third kappa shape index (κ3) is 2.16. The highest BCUT2D eigenvalue weighted by Gasteiger charge is 2.17. The van der Waals surface area contributed by atoms with Gasteiger partial charge in [-0.25, -0.2) is 4.39 Å². The van der Waals surface area contributed by atoms with Gasteiger partial charge in [0.2, 0.25) is 5.78 Å². The number of furan rings is 1. The molecule has 2 nitrogen and oxygen atoms in total. The highest BCUT2D eigenvalue weighted by Crippen LogP contribution is 2.25. The number of benzene rings is 2. The molecule has 0 atom stereocenters. The molecule has 100 valence electrons. The monoisotopic (exact) mass is 332 g/mol. The van der Waals surface area contributed by atoms with Crippen molar-refractivity contribution < 1.29 is 13.6 Å². The number of hydrogen-bond acceptors (Lipinski definition) is 2. The third-order valence-corrected chi connectivity index (χ3v) is 3.65. The van der Waals surface area contributed by atoms with Gasteiger partial charge in [-0.3, -0.25) is 4.79 Å². The van der Waals surface area contributed by atoms with Crippen LogP contribution in [0.25, 0.3) is 11.0 Å². The lowest BCUT2D eigenvalue weighted by Crippen LogP contribution is -2.02. The Morgan fingerprint density at radius 1 is 1.20 bits per heavy atom. The summed E-state index contributed by atoms with van der Waals surface area (Å²) in [5.74, 6) is -0.560. The predicted octanol–water partition coefficient (Wildman–Crippen LogP) is 4.87. The van der Waals surface area contributed by atoms with E-state index in [0.717, 1.165) is 10.0 Å². The normalized spacial score (nSPS) is 10.9. The molecule has 0 amide bonds. The number of halogens is 2. The maximum atomic E-state index is 13.6. The Labute approximate surface area is 123 Å². The number of ketones is 1. The zero-order valence-electron chi connectivity index (χ0n) is 10.6. The van der Waals surface area contributed by atoms with Crippen LogP contribution in [0.15, 0.2) is 51.4 Å². The molecule has 20 heavy (non-hydrogen) atoms. The molecule has 2 aromatic carbocycles. The van der Waals surface area contributed by atoms with Crippen LogP contribution in [0.5, 0.6) is 0 Å². The van der Waals surface area contributed by atoms with Crippen LogP contribution in [0.3, 0.4) is 0 Å². The van der Waals surface area contributed by atoms with E-state index in [1.54, 1.807) is 30.3 Å². The van der Waals surface area contributed by atoms with Gasteiger partial charge in [0.15, 0.2) is 17.2 Å². The highest BCUT2D eigenvalue weighted by molar-refractivity contribution is 9.10. The van der Waals surface area contributed by atoms with Gasteiger partial charge in [-0.05, 0) is 42.8 Å². The zero-order valence-corrected chi connectivity index (χ0v) is 12.2. The van der Waals surface area contributed by atoms with E-state index in [-0.39, 0.29) is 17.1 Å². The summed E-state index contributed by atoms with van der Waals surface area (Å²) in [5.41, 5.74) is 1.50. The maximum Gasteiger partial charge on any atom is 0.228 e. The Morgan fingerprint density at radius 3 is 2.70 bits per heavy atom. The van der Waals surface area contributed by atoms with Crippen molar-refractivity contribution in [1.82, 2.24) is 0 Å². The van der Waals surface area contributed by atoms with Crippen molar-refractivity contribution in [3.63, 3.8) is 0 Å². The molecule has 0 saturated carbocycles. The van der Waals surface area contributed by atoms with Crippen molar-refractivity contribution >= 4 is 32.7 Å². The van der Waals surface area contributed by atoms with Crippen molar-refractivity contribution in [2.45, 2.75) is 6.92 Å². The fraction of sp³-hybridized carbons (Fsp3) is 0.0625. The standard InChI is InChI=1S/C16H10BrFO2/c1-9-7-11(17)5-6-12(9)15(19)14-8-10-3-2-4-13(18)16(10)20-14/h2-8H,1H3. The molecule has 1 heterocycles. The second kappa shape index (κ2) is 4.87. The van der Waals surface area contributed by atoms with Crippen molar-refractivity contribution in [3.8, 4) is 0 Å². The minimum Gasteiger partial charge on any atom is -0.449 e. The van der Waals surface area contributed by atoms with E-state index in [9.17, 15) is 9.18 Å². The summed E-state index contributed by atoms with van der Waals surface area (Å²) in [6.07, 6.45) is 0. The van der Waals surface area contributed by atoms with Crippen LogP contribution in [0, 0.1) is 12.7 Å². The lowest BCUT2D eigenvalue weighted by atomic mass is 10.0. The average Bonchev–Trinajstić information content (AvgIpc) is 2.83. The Hall–Kier alpha value is -1.94. The molecule has 0 aliphatic rings. The molecule has 0 aliphatic heterocycles. The molecule has 0 spiro atoms. The third-order valence-electron chi connectivity index (χ3n) is 3.15. The van der Waals surface area contributed by atoms with Gasteiger partial charge in [0, 0.05) is 15.4 Å². The van der Waals surface area contributed by atoms with Crippen LogP contribution >= 0.6 is 15.9 Å². The van der Waals surface area contributed by atoms with E-state index < -0.39 is 5.82 Å². The number of fused-ring (bicyclic) bond motifs is 1. The molecule has 4 heteroatoms. The van der Waals surface area contributed by atoms with Gasteiger partial charge >= 0.3 is 0 Å². The molecule has 3 rings (SSSR count). The molecule has 0 bridgehead atoms. The van der Waals surface area contributed by atoms with E-state index in [4.69, 9.17) is 4.42 Å². The second-order valence-electron chi connectivity index (χ2n) is 4.56. The Bertz CT molecular complexity index is 820. The number of hydrogen-bond donors (Lipinski definition) is 0. The van der Waals surface area contributed by atoms with Gasteiger partial charge in [-0.1, -0.05) is 28.1 Å². The largest absolute Gasteiger partial charge is 0.449 e. The van der Waals surface area contributed by atoms with Crippen molar-refractivity contribution in [1.29, 1.82) is 0 Å². The minimum absolute atomic E-state index is 0.116. The summed E-state index contributed by atoms with van der Waals surface area (Å²) in [6.45, 7) is 1.85. The predicted molar refractivity (Wildman–Crippen MR) is 78.5 cm³/mol. The van der Waals surface area contributed by atoms with Crippen LogP contribution < -0.4 is 0 Å². The summed E-state index contributed by atoms with van der Waals surface area (Å²) in [5, 5.41) is 0.586. The van der Waals surface area contributed by atoms with E-state index >= 15 is 0 Å². The summed E-state index contributed by atoms with van der Waals surface area (Å²) >= 11 is 3.35. The summed E-state index contributed by atoms with van der Waals surface area (Å²) in [4.78, 5) is 12.4. The van der Waals surface area contributed by atoms with Gasteiger partial charge < -0.3 is 4.42 Å². The minimum atomic E-state index is -0.464. The zero-order chi connectivity index (χ0) is 14.3. The quantitative estimate of drug-likeness (QED) is 0.626. The summed E-state index contributed by atoms with van der Waals surface area (Å²) < 4.78 is 19.9. The maximum absolute atomic E-state index is 13.6. The molecule has 3 aromatic rings. The van der Waals surface area contributed by atoms with E-state index in [0.29, 0.717) is 10.9 Å². The number of rotatable bonds is 2. The number of carbonyl (C=O) groups is 1. The first kappa shape index (κ1) is 13.1. The molecular formula is C16H10BrFO2. The molecule has 0 radical (unpaired) electrons. The molecule has 1 aromatic heterocycles. The van der Waals surface area contributed by atoms with E-state index in [1.807, 2.05) is 13.0 Å². The average molecular weight is 333 g/mol. The first-order valence-electron chi connectivity index (χ1n) is 6.05. The Morgan fingerprint density at radius 2 is 2.00 bits per heavy atom. The molecule has 0 aliphatic carbocycles. The van der Waals surface area contributed by atoms with E-state index in [1.165, 1.54) is 6.07 Å². The van der Waals surface area contributed by atoms with Gasteiger partial charge in [-0.15, -0.1) is 0 Å². The number of carbonyl (C=O) groups excluding carboxylic acids is 1. The van der Waals surface area contributed by atoms with Crippen LogP contribution in [0.4, 0.5) is 4.39 Å². The van der Waals surface area contributed by atoms with Crippen LogP contribution in [-0.2, 0) is 0 Å². The van der Waals surface area contributed by atoms with Gasteiger partial charge in [0.05, 0.1) is 0 Å². The Balaban J connectivity index is 2.10. The van der Waals surface area contributed by atoms with Gasteiger partial charge in [0.25, 0.3) is 0 Å². The van der Waals surface area contributed by atoms with Crippen molar-refractivity contribution in [2.24, 2.45) is 0 Å². The SMILES string of the molecule is Cc1cc(Br)ccc1C(=O)c1cc2cccc(F)c2o1. The molecular weight excluding hydrogens is 323 g/mol. The molecule has 0 unspecified atom stereocenters. The summed E-state index contributed by atoms with van der Waals surface area (Å²) in [6, 6.07) is 11.6.